The summed E-state index contributed by atoms with van der Waals surface area (Å²) >= 11 is 0. The molecule has 132 valence electrons. The number of methoxy groups -OCH3 is 1. The monoisotopic (exact) mass is 333 g/mol. The molecule has 0 spiro atoms. The van der Waals surface area contributed by atoms with E-state index in [-0.39, 0.29) is 17.7 Å². The molecule has 1 aliphatic rings. The molecule has 24 heavy (non-hydrogen) atoms. The van der Waals surface area contributed by atoms with Crippen molar-refractivity contribution < 1.29 is 14.3 Å². The lowest BCUT2D eigenvalue weighted by Gasteiger charge is -2.37. The molecule has 2 amide bonds. The molecule has 0 aromatic heterocycles. The Kier molecular flexibility index (Phi) is 6.20. The van der Waals surface area contributed by atoms with Gasteiger partial charge in [0.15, 0.2) is 0 Å². The van der Waals surface area contributed by atoms with Gasteiger partial charge in [-0.3, -0.25) is 9.59 Å². The van der Waals surface area contributed by atoms with Crippen LogP contribution in [0.25, 0.3) is 0 Å². The van der Waals surface area contributed by atoms with Gasteiger partial charge in [-0.15, -0.1) is 0 Å². The maximum Gasteiger partial charge on any atom is 0.251 e. The number of amides is 2. The molecular formula is C18H27N3O3. The Bertz CT molecular complexity index is 587. The van der Waals surface area contributed by atoms with Crippen molar-refractivity contribution in [2.75, 3.05) is 20.2 Å². The molecular weight excluding hydrogens is 306 g/mol. The zero-order chi connectivity index (χ0) is 17.6. The Labute approximate surface area is 143 Å². The Balaban J connectivity index is 1.76. The first-order valence-electron chi connectivity index (χ1n) is 8.43. The molecule has 6 heteroatoms. The highest BCUT2D eigenvalue weighted by molar-refractivity contribution is 5.94. The lowest BCUT2D eigenvalue weighted by Crippen LogP contribution is -2.53. The molecule has 0 aliphatic heterocycles. The third-order valence-electron chi connectivity index (χ3n) is 4.61. The van der Waals surface area contributed by atoms with Crippen molar-refractivity contribution in [2.45, 2.75) is 38.1 Å². The van der Waals surface area contributed by atoms with E-state index >= 15 is 0 Å². The summed E-state index contributed by atoms with van der Waals surface area (Å²) in [4.78, 5) is 24.4. The fourth-order valence-corrected chi connectivity index (χ4v) is 3.14. The SMILES string of the molecule is COc1cccc(C(=O)NCCNC(=O)C2CCCCC2(C)N)c1. The van der Waals surface area contributed by atoms with Crippen molar-refractivity contribution in [3.8, 4) is 5.75 Å². The highest BCUT2D eigenvalue weighted by Crippen LogP contribution is 2.31. The predicted molar refractivity (Wildman–Crippen MR) is 92.9 cm³/mol. The Morgan fingerprint density at radius 3 is 2.75 bits per heavy atom. The molecule has 2 atom stereocenters. The summed E-state index contributed by atoms with van der Waals surface area (Å²) in [5.41, 5.74) is 6.33. The van der Waals surface area contributed by atoms with Gasteiger partial charge in [0.25, 0.3) is 5.91 Å². The number of hydrogen-bond donors (Lipinski definition) is 3. The Morgan fingerprint density at radius 1 is 1.29 bits per heavy atom. The highest BCUT2D eigenvalue weighted by Gasteiger charge is 2.37. The number of rotatable bonds is 6. The van der Waals surface area contributed by atoms with Gasteiger partial charge in [0.05, 0.1) is 13.0 Å². The molecule has 1 fully saturated rings. The van der Waals surface area contributed by atoms with Gasteiger partial charge in [0, 0.05) is 24.2 Å². The maximum absolute atomic E-state index is 12.3. The van der Waals surface area contributed by atoms with E-state index in [9.17, 15) is 9.59 Å². The lowest BCUT2D eigenvalue weighted by molar-refractivity contribution is -0.128. The maximum atomic E-state index is 12.3. The van der Waals surface area contributed by atoms with Crippen LogP contribution >= 0.6 is 0 Å². The predicted octanol–water partition coefficient (Wildman–Crippen LogP) is 1.45. The van der Waals surface area contributed by atoms with Gasteiger partial charge in [-0.05, 0) is 38.0 Å². The molecule has 2 unspecified atom stereocenters. The second-order valence-corrected chi connectivity index (χ2v) is 6.58. The Hall–Kier alpha value is -2.08. The van der Waals surface area contributed by atoms with Crippen molar-refractivity contribution in [2.24, 2.45) is 11.7 Å². The molecule has 1 aromatic rings. The van der Waals surface area contributed by atoms with E-state index < -0.39 is 5.54 Å². The fraction of sp³-hybridized carbons (Fsp3) is 0.556. The van der Waals surface area contributed by atoms with Crippen LogP contribution in [0.1, 0.15) is 43.0 Å². The van der Waals surface area contributed by atoms with Crippen LogP contribution in [0.2, 0.25) is 0 Å². The van der Waals surface area contributed by atoms with Crippen LogP contribution in [0, 0.1) is 5.92 Å². The molecule has 1 saturated carbocycles. The molecule has 2 rings (SSSR count). The van der Waals surface area contributed by atoms with Crippen molar-refractivity contribution in [3.63, 3.8) is 0 Å². The summed E-state index contributed by atoms with van der Waals surface area (Å²) in [7, 11) is 1.56. The molecule has 0 radical (unpaired) electrons. The first kappa shape index (κ1) is 18.3. The quantitative estimate of drug-likeness (QED) is 0.687. The topological polar surface area (TPSA) is 93.5 Å². The minimum atomic E-state index is -0.438. The normalized spacial score (nSPS) is 23.4. The number of benzene rings is 1. The van der Waals surface area contributed by atoms with Gasteiger partial charge in [-0.25, -0.2) is 0 Å². The van der Waals surface area contributed by atoms with Crippen LogP contribution in [0.15, 0.2) is 24.3 Å². The number of ether oxygens (including phenoxy) is 1. The van der Waals surface area contributed by atoms with Crippen LogP contribution < -0.4 is 21.1 Å². The van der Waals surface area contributed by atoms with E-state index in [1.165, 1.54) is 0 Å². The third kappa shape index (κ3) is 4.71. The van der Waals surface area contributed by atoms with Crippen LogP contribution in [0.4, 0.5) is 0 Å². The molecule has 0 bridgehead atoms. The largest absolute Gasteiger partial charge is 0.497 e. The van der Waals surface area contributed by atoms with E-state index in [0.29, 0.717) is 24.4 Å². The summed E-state index contributed by atoms with van der Waals surface area (Å²) in [5, 5.41) is 5.67. The van der Waals surface area contributed by atoms with Crippen LogP contribution in [-0.2, 0) is 4.79 Å². The standard InChI is InChI=1S/C18H27N3O3/c1-18(19)9-4-3-8-15(18)17(23)21-11-10-20-16(22)13-6-5-7-14(12-13)24-2/h5-7,12,15H,3-4,8-11,19H2,1-2H3,(H,20,22)(H,21,23). The summed E-state index contributed by atoms with van der Waals surface area (Å²) in [6.45, 7) is 2.71. The lowest BCUT2D eigenvalue weighted by atomic mass is 9.74. The average molecular weight is 333 g/mol. The van der Waals surface area contributed by atoms with Gasteiger partial charge < -0.3 is 21.1 Å². The van der Waals surface area contributed by atoms with E-state index in [1.807, 2.05) is 6.92 Å². The van der Waals surface area contributed by atoms with Crippen molar-refractivity contribution >= 4 is 11.8 Å². The van der Waals surface area contributed by atoms with E-state index in [0.717, 1.165) is 25.7 Å². The first-order chi connectivity index (χ1) is 11.4. The zero-order valence-corrected chi connectivity index (χ0v) is 14.4. The van der Waals surface area contributed by atoms with E-state index in [4.69, 9.17) is 10.5 Å². The second kappa shape index (κ2) is 8.15. The third-order valence-corrected chi connectivity index (χ3v) is 4.61. The van der Waals surface area contributed by atoms with E-state index in [1.54, 1.807) is 31.4 Å². The minimum Gasteiger partial charge on any atom is -0.497 e. The zero-order valence-electron chi connectivity index (χ0n) is 14.4. The van der Waals surface area contributed by atoms with Gasteiger partial charge in [0.2, 0.25) is 5.91 Å². The van der Waals surface area contributed by atoms with Gasteiger partial charge >= 0.3 is 0 Å². The van der Waals surface area contributed by atoms with Crippen LogP contribution in [0.5, 0.6) is 5.75 Å². The minimum absolute atomic E-state index is 0.0182. The Morgan fingerprint density at radius 2 is 2.04 bits per heavy atom. The van der Waals surface area contributed by atoms with Crippen molar-refractivity contribution in [1.82, 2.24) is 10.6 Å². The second-order valence-electron chi connectivity index (χ2n) is 6.58. The molecule has 4 N–H and O–H groups in total. The molecule has 6 nitrogen and oxygen atoms in total. The van der Waals surface area contributed by atoms with Crippen LogP contribution in [-0.4, -0.2) is 37.6 Å². The van der Waals surface area contributed by atoms with Gasteiger partial charge in [-0.2, -0.15) is 0 Å². The average Bonchev–Trinajstić information content (AvgIpc) is 2.58. The number of nitrogens with one attached hydrogen (secondary N) is 2. The molecule has 1 aromatic carbocycles. The summed E-state index contributed by atoms with van der Waals surface area (Å²) in [6.07, 6.45) is 3.82. The number of carbonyl (C=O) groups excluding carboxylic acids is 2. The smallest absolute Gasteiger partial charge is 0.251 e. The molecule has 0 saturated heterocycles. The molecule has 1 aliphatic carbocycles. The number of hydrogen-bond acceptors (Lipinski definition) is 4. The van der Waals surface area contributed by atoms with Gasteiger partial charge in [-0.1, -0.05) is 18.9 Å². The van der Waals surface area contributed by atoms with Crippen molar-refractivity contribution in [1.29, 1.82) is 0 Å². The summed E-state index contributed by atoms with van der Waals surface area (Å²) in [6, 6.07) is 6.94. The van der Waals surface area contributed by atoms with Crippen molar-refractivity contribution in [3.05, 3.63) is 29.8 Å². The van der Waals surface area contributed by atoms with Crippen LogP contribution in [0.3, 0.4) is 0 Å². The fourth-order valence-electron chi connectivity index (χ4n) is 3.14. The van der Waals surface area contributed by atoms with Gasteiger partial charge in [0.1, 0.15) is 5.75 Å². The van der Waals surface area contributed by atoms with E-state index in [2.05, 4.69) is 10.6 Å². The molecule has 0 heterocycles. The number of nitrogens with two attached hydrogens (primary N) is 1. The first-order valence-corrected chi connectivity index (χ1v) is 8.43. The summed E-state index contributed by atoms with van der Waals surface area (Å²) < 4.78 is 5.10. The number of carbonyl (C=O) groups is 2. The summed E-state index contributed by atoms with van der Waals surface area (Å²) in [5.74, 6) is 0.274. The highest BCUT2D eigenvalue weighted by atomic mass is 16.5.